The summed E-state index contributed by atoms with van der Waals surface area (Å²) in [4.78, 5) is 4.49. The summed E-state index contributed by atoms with van der Waals surface area (Å²) in [6.07, 6.45) is 2.32. The molecule has 0 aromatic carbocycles. The van der Waals surface area contributed by atoms with Gasteiger partial charge in [0.1, 0.15) is 15.0 Å². The number of nitrogens with one attached hydrogen (secondary N) is 1. The van der Waals surface area contributed by atoms with E-state index in [0.717, 1.165) is 41.0 Å². The van der Waals surface area contributed by atoms with E-state index in [-0.39, 0.29) is 0 Å². The Balaban J connectivity index is 2.70. The van der Waals surface area contributed by atoms with Crippen molar-refractivity contribution in [3.8, 4) is 0 Å². The first kappa shape index (κ1) is 14.2. The number of hydrogen-bond donors (Lipinski definition) is 1. The lowest BCUT2D eigenvalue weighted by molar-refractivity contribution is 0.467. The number of aromatic nitrogens is 2. The van der Waals surface area contributed by atoms with Gasteiger partial charge in [-0.05, 0) is 51.6 Å². The maximum atomic E-state index is 4.49. The highest BCUT2D eigenvalue weighted by Crippen LogP contribution is 2.23. The maximum absolute atomic E-state index is 4.49. The summed E-state index contributed by atoms with van der Waals surface area (Å²) in [5.41, 5.74) is 0. The molecule has 0 atom stereocenters. The van der Waals surface area contributed by atoms with Crippen LogP contribution in [0, 0.1) is 0 Å². The molecule has 0 saturated carbocycles. The van der Waals surface area contributed by atoms with Gasteiger partial charge < -0.3 is 9.88 Å². The molecule has 0 unspecified atom stereocenters. The number of hydrogen-bond acceptors (Lipinski definition) is 2. The molecular weight excluding hydrogens is 334 g/mol. The van der Waals surface area contributed by atoms with Crippen molar-refractivity contribution in [2.75, 3.05) is 0 Å². The van der Waals surface area contributed by atoms with Gasteiger partial charge in [0.25, 0.3) is 0 Å². The normalized spacial score (nSPS) is 11.4. The molecule has 0 aliphatic carbocycles. The van der Waals surface area contributed by atoms with Crippen LogP contribution in [0.1, 0.15) is 39.4 Å². The van der Waals surface area contributed by atoms with Gasteiger partial charge in [0.15, 0.2) is 0 Å². The van der Waals surface area contributed by atoms with Crippen LogP contribution in [0.4, 0.5) is 0 Å². The Morgan fingerprint density at radius 3 is 2.38 bits per heavy atom. The van der Waals surface area contributed by atoms with Crippen LogP contribution >= 0.6 is 31.9 Å². The lowest BCUT2D eigenvalue weighted by Gasteiger charge is -2.14. The van der Waals surface area contributed by atoms with Crippen LogP contribution in [0.2, 0.25) is 0 Å². The molecule has 1 rings (SSSR count). The maximum Gasteiger partial charge on any atom is 0.139 e. The molecular formula is C11H19Br2N3. The molecule has 0 bridgehead atoms. The van der Waals surface area contributed by atoms with E-state index in [1.807, 2.05) is 0 Å². The molecule has 0 amide bonds. The zero-order valence-electron chi connectivity index (χ0n) is 10.1. The van der Waals surface area contributed by atoms with Crippen LogP contribution in [0.3, 0.4) is 0 Å². The second kappa shape index (κ2) is 6.77. The lowest BCUT2D eigenvalue weighted by Crippen LogP contribution is -2.28. The van der Waals surface area contributed by atoms with Crippen molar-refractivity contribution in [2.24, 2.45) is 0 Å². The molecule has 0 aliphatic heterocycles. The molecule has 1 N–H and O–H groups in total. The van der Waals surface area contributed by atoms with Crippen molar-refractivity contribution in [2.45, 2.75) is 52.7 Å². The monoisotopic (exact) mass is 351 g/mol. The van der Waals surface area contributed by atoms with Crippen LogP contribution in [0.5, 0.6) is 0 Å². The summed E-state index contributed by atoms with van der Waals surface area (Å²) in [5.74, 6) is 1.08. The average molecular weight is 353 g/mol. The summed E-state index contributed by atoms with van der Waals surface area (Å²) in [6.45, 7) is 8.29. The lowest BCUT2D eigenvalue weighted by atomic mass is 10.2. The van der Waals surface area contributed by atoms with E-state index in [1.54, 1.807) is 0 Å². The summed E-state index contributed by atoms with van der Waals surface area (Å²) in [5, 5.41) is 3.53. The highest BCUT2D eigenvalue weighted by atomic mass is 79.9. The van der Waals surface area contributed by atoms with Crippen molar-refractivity contribution < 1.29 is 0 Å². The highest BCUT2D eigenvalue weighted by Gasteiger charge is 2.12. The van der Waals surface area contributed by atoms with Crippen molar-refractivity contribution in [3.63, 3.8) is 0 Å². The van der Waals surface area contributed by atoms with E-state index >= 15 is 0 Å². The second-order valence-corrected chi connectivity index (χ2v) is 5.25. The summed E-state index contributed by atoms with van der Waals surface area (Å²) < 4.78 is 4.08. The first-order valence-electron chi connectivity index (χ1n) is 5.77. The fraction of sp³-hybridized carbons (Fsp3) is 0.727. The van der Waals surface area contributed by atoms with Crippen molar-refractivity contribution in [3.05, 3.63) is 15.0 Å². The Labute approximate surface area is 114 Å². The Morgan fingerprint density at radius 1 is 1.25 bits per heavy atom. The smallest absolute Gasteiger partial charge is 0.139 e. The van der Waals surface area contributed by atoms with E-state index < -0.39 is 0 Å². The molecule has 0 radical (unpaired) electrons. The molecule has 0 fully saturated rings. The standard InChI is InChI=1S/C11H19Br2N3/c1-4-8(5-2)14-7-9-15-10(12)11(13)16(9)6-3/h8,14H,4-7H2,1-3H3. The van der Waals surface area contributed by atoms with E-state index in [0.29, 0.717) is 6.04 Å². The van der Waals surface area contributed by atoms with Gasteiger partial charge in [0, 0.05) is 12.6 Å². The zero-order valence-corrected chi connectivity index (χ0v) is 13.2. The average Bonchev–Trinajstić information content (AvgIpc) is 2.56. The van der Waals surface area contributed by atoms with Gasteiger partial charge in [-0.3, -0.25) is 0 Å². The SMILES string of the molecule is CCC(CC)NCc1nc(Br)c(Br)n1CC. The minimum atomic E-state index is 0.583. The Kier molecular flexibility index (Phi) is 6.00. The summed E-state index contributed by atoms with van der Waals surface area (Å²) >= 11 is 6.97. The van der Waals surface area contributed by atoms with Crippen LogP contribution in [-0.2, 0) is 13.1 Å². The molecule has 0 spiro atoms. The highest BCUT2D eigenvalue weighted by molar-refractivity contribution is 9.13. The number of imidazole rings is 1. The molecule has 5 heteroatoms. The number of halogens is 2. The van der Waals surface area contributed by atoms with Gasteiger partial charge in [-0.2, -0.15) is 0 Å². The van der Waals surface area contributed by atoms with Crippen LogP contribution in [0.25, 0.3) is 0 Å². The van der Waals surface area contributed by atoms with Crippen molar-refractivity contribution in [1.29, 1.82) is 0 Å². The van der Waals surface area contributed by atoms with Gasteiger partial charge in [-0.25, -0.2) is 4.98 Å². The minimum Gasteiger partial charge on any atom is -0.321 e. The summed E-state index contributed by atoms with van der Waals surface area (Å²) in [7, 11) is 0. The largest absolute Gasteiger partial charge is 0.321 e. The Morgan fingerprint density at radius 2 is 1.88 bits per heavy atom. The third-order valence-corrected chi connectivity index (χ3v) is 4.69. The van der Waals surface area contributed by atoms with Crippen LogP contribution in [-0.4, -0.2) is 15.6 Å². The third kappa shape index (κ3) is 3.31. The molecule has 3 nitrogen and oxygen atoms in total. The van der Waals surface area contributed by atoms with Gasteiger partial charge >= 0.3 is 0 Å². The van der Waals surface area contributed by atoms with Gasteiger partial charge in [0.05, 0.1) is 6.54 Å². The van der Waals surface area contributed by atoms with Gasteiger partial charge in [-0.1, -0.05) is 13.8 Å². The van der Waals surface area contributed by atoms with Gasteiger partial charge in [0.2, 0.25) is 0 Å². The fourth-order valence-corrected chi connectivity index (χ4v) is 2.68. The van der Waals surface area contributed by atoms with Crippen molar-refractivity contribution in [1.82, 2.24) is 14.9 Å². The van der Waals surface area contributed by atoms with Gasteiger partial charge in [-0.15, -0.1) is 0 Å². The quantitative estimate of drug-likeness (QED) is 0.845. The fourth-order valence-electron chi connectivity index (χ4n) is 1.71. The van der Waals surface area contributed by atoms with Crippen LogP contribution in [0.15, 0.2) is 9.21 Å². The predicted molar refractivity (Wildman–Crippen MR) is 74.5 cm³/mol. The molecule has 92 valence electrons. The molecule has 16 heavy (non-hydrogen) atoms. The topological polar surface area (TPSA) is 29.9 Å². The number of rotatable bonds is 6. The predicted octanol–water partition coefficient (Wildman–Crippen LogP) is 3.71. The molecule has 1 heterocycles. The first-order chi connectivity index (χ1) is 7.63. The number of nitrogens with zero attached hydrogens (tertiary/aromatic N) is 2. The van der Waals surface area contributed by atoms with Crippen LogP contribution < -0.4 is 5.32 Å². The molecule has 1 aromatic heterocycles. The van der Waals surface area contributed by atoms with E-state index in [1.165, 1.54) is 0 Å². The van der Waals surface area contributed by atoms with E-state index in [2.05, 4.69) is 67.5 Å². The van der Waals surface area contributed by atoms with E-state index in [9.17, 15) is 0 Å². The molecule has 0 aliphatic rings. The van der Waals surface area contributed by atoms with Crippen molar-refractivity contribution >= 4 is 31.9 Å². The molecule has 0 saturated heterocycles. The Hall–Kier alpha value is 0.130. The minimum absolute atomic E-state index is 0.583. The second-order valence-electron chi connectivity index (χ2n) is 3.75. The molecule has 1 aromatic rings. The summed E-state index contributed by atoms with van der Waals surface area (Å²) in [6, 6.07) is 0.583. The Bertz CT molecular complexity index is 332. The zero-order chi connectivity index (χ0) is 12.1. The third-order valence-electron chi connectivity index (χ3n) is 2.80. The van der Waals surface area contributed by atoms with E-state index in [4.69, 9.17) is 0 Å². The first-order valence-corrected chi connectivity index (χ1v) is 7.36.